The summed E-state index contributed by atoms with van der Waals surface area (Å²) in [6, 6.07) is 28.9. The lowest BCUT2D eigenvalue weighted by Gasteiger charge is -2.36. The molecule has 8 heteroatoms. The molecule has 4 aromatic rings. The van der Waals surface area contributed by atoms with Crippen LogP contribution in [0, 0.1) is 5.92 Å². The molecule has 0 bridgehead atoms. The molecular formula is C33H30N2O5S. The molecule has 3 heterocycles. The highest BCUT2D eigenvalue weighted by atomic mass is 32.1. The predicted octanol–water partition coefficient (Wildman–Crippen LogP) is 5.52. The molecule has 2 aliphatic heterocycles. The second kappa shape index (κ2) is 10.9. The number of carbonyl (C=O) groups excluding carboxylic acids is 3. The number of benzene rings is 3. The van der Waals surface area contributed by atoms with Gasteiger partial charge in [0, 0.05) is 16.3 Å². The molecule has 4 atom stereocenters. The van der Waals surface area contributed by atoms with Crippen molar-refractivity contribution in [3.8, 4) is 0 Å². The van der Waals surface area contributed by atoms with Gasteiger partial charge >= 0.3 is 11.9 Å². The van der Waals surface area contributed by atoms with Crippen LogP contribution in [0.2, 0.25) is 0 Å². The number of rotatable bonds is 7. The van der Waals surface area contributed by atoms with Crippen LogP contribution in [-0.4, -0.2) is 37.6 Å². The molecule has 0 N–H and O–H groups in total. The zero-order valence-electron chi connectivity index (χ0n) is 22.8. The van der Waals surface area contributed by atoms with Crippen molar-refractivity contribution in [1.82, 2.24) is 0 Å². The van der Waals surface area contributed by atoms with E-state index >= 15 is 4.79 Å². The molecule has 7 nitrogen and oxygen atoms in total. The third kappa shape index (κ3) is 4.13. The van der Waals surface area contributed by atoms with Crippen LogP contribution in [0.4, 0.5) is 11.4 Å². The van der Waals surface area contributed by atoms with Crippen LogP contribution in [0.5, 0.6) is 0 Å². The summed E-state index contributed by atoms with van der Waals surface area (Å²) in [6.07, 6.45) is 0. The maximum absolute atomic E-state index is 15.2. The largest absolute Gasteiger partial charge is 0.469 e. The first-order valence-electron chi connectivity index (χ1n) is 13.6. The Kier molecular flexibility index (Phi) is 7.09. The van der Waals surface area contributed by atoms with Gasteiger partial charge in [-0.05, 0) is 47.7 Å². The number of hydrogen-bond acceptors (Lipinski definition) is 7. The number of esters is 2. The van der Waals surface area contributed by atoms with Gasteiger partial charge in [0.25, 0.3) is 0 Å². The van der Waals surface area contributed by atoms with Gasteiger partial charge in [-0.1, -0.05) is 72.8 Å². The number of hydrogen-bond donors (Lipinski definition) is 0. The molecule has 1 amide bonds. The van der Waals surface area contributed by atoms with Crippen LogP contribution < -0.4 is 9.80 Å². The Labute approximate surface area is 242 Å². The van der Waals surface area contributed by atoms with Crippen molar-refractivity contribution in [2.45, 2.75) is 31.0 Å². The fourth-order valence-corrected chi connectivity index (χ4v) is 7.49. The highest BCUT2D eigenvalue weighted by Gasteiger charge is 2.73. The number of thiophene rings is 1. The third-order valence-electron chi connectivity index (χ3n) is 8.09. The quantitative estimate of drug-likeness (QED) is 0.275. The normalized spacial score (nSPS) is 23.1. The summed E-state index contributed by atoms with van der Waals surface area (Å²) in [5.74, 6) is -2.62. The molecule has 0 aliphatic carbocycles. The zero-order valence-corrected chi connectivity index (χ0v) is 23.6. The minimum absolute atomic E-state index is 0.132. The summed E-state index contributed by atoms with van der Waals surface area (Å²) < 4.78 is 11.0. The molecule has 1 spiro atoms. The van der Waals surface area contributed by atoms with Crippen molar-refractivity contribution in [2.24, 2.45) is 5.92 Å². The van der Waals surface area contributed by atoms with Gasteiger partial charge in [0.15, 0.2) is 0 Å². The smallest absolute Gasteiger partial charge is 0.329 e. The number of carbonyl (C=O) groups is 3. The molecule has 6 rings (SSSR count). The highest BCUT2D eigenvalue weighted by molar-refractivity contribution is 7.10. The van der Waals surface area contributed by atoms with Crippen LogP contribution in [0.15, 0.2) is 102 Å². The fourth-order valence-electron chi connectivity index (χ4n) is 6.59. The Hall–Kier alpha value is -4.43. The van der Waals surface area contributed by atoms with Crippen LogP contribution in [0.3, 0.4) is 0 Å². The van der Waals surface area contributed by atoms with Crippen LogP contribution in [0.1, 0.15) is 29.0 Å². The van der Waals surface area contributed by atoms with E-state index in [0.29, 0.717) is 23.5 Å². The SMILES string of the molecule is CCOC(=O)[C@@H]1[C@@H](C(=O)OC)[C@]2(C(=O)N(Cc3ccccc3)c3ccccc32)[C@@H](c2cccs2)N1c1ccccc1. The molecule has 3 aromatic carbocycles. The van der Waals surface area contributed by atoms with Crippen molar-refractivity contribution in [3.63, 3.8) is 0 Å². The average molecular weight is 567 g/mol. The molecule has 1 saturated heterocycles. The molecular weight excluding hydrogens is 536 g/mol. The number of anilines is 2. The van der Waals surface area contributed by atoms with E-state index in [1.54, 1.807) is 11.8 Å². The number of nitrogens with zero attached hydrogens (tertiary/aromatic N) is 2. The van der Waals surface area contributed by atoms with Gasteiger partial charge in [0.05, 0.1) is 26.3 Å². The van der Waals surface area contributed by atoms with E-state index in [2.05, 4.69) is 0 Å². The summed E-state index contributed by atoms with van der Waals surface area (Å²) in [5, 5.41) is 1.95. The molecule has 0 radical (unpaired) electrons. The van der Waals surface area contributed by atoms with Gasteiger partial charge in [-0.15, -0.1) is 11.3 Å². The van der Waals surface area contributed by atoms with Crippen molar-refractivity contribution >= 4 is 40.6 Å². The molecule has 208 valence electrons. The highest BCUT2D eigenvalue weighted by Crippen LogP contribution is 2.63. The monoisotopic (exact) mass is 566 g/mol. The molecule has 1 aromatic heterocycles. The van der Waals surface area contributed by atoms with E-state index in [9.17, 15) is 9.59 Å². The van der Waals surface area contributed by atoms with Crippen molar-refractivity contribution in [2.75, 3.05) is 23.5 Å². The first kappa shape index (κ1) is 26.8. The Morgan fingerprint density at radius 2 is 1.56 bits per heavy atom. The van der Waals surface area contributed by atoms with Gasteiger partial charge in [-0.25, -0.2) is 4.79 Å². The van der Waals surface area contributed by atoms with E-state index in [0.717, 1.165) is 10.4 Å². The van der Waals surface area contributed by atoms with Crippen LogP contribution in [0.25, 0.3) is 0 Å². The van der Waals surface area contributed by atoms with E-state index < -0.39 is 35.4 Å². The molecule has 2 aliphatic rings. The number of para-hydroxylation sites is 2. The first-order chi connectivity index (χ1) is 20.0. The lowest BCUT2D eigenvalue weighted by Crippen LogP contribution is -2.51. The second-order valence-electron chi connectivity index (χ2n) is 10.1. The van der Waals surface area contributed by atoms with E-state index in [1.807, 2.05) is 107 Å². The Balaban J connectivity index is 1.67. The lowest BCUT2D eigenvalue weighted by molar-refractivity contribution is -0.157. The maximum Gasteiger partial charge on any atom is 0.329 e. The first-order valence-corrected chi connectivity index (χ1v) is 14.5. The predicted molar refractivity (Wildman–Crippen MR) is 158 cm³/mol. The number of ether oxygens (including phenoxy) is 2. The average Bonchev–Trinajstić information content (AvgIpc) is 3.70. The van der Waals surface area contributed by atoms with Crippen molar-refractivity contribution in [1.29, 1.82) is 0 Å². The topological polar surface area (TPSA) is 76.2 Å². The maximum atomic E-state index is 15.2. The van der Waals surface area contributed by atoms with Gasteiger partial charge < -0.3 is 19.3 Å². The van der Waals surface area contributed by atoms with E-state index in [1.165, 1.54) is 18.4 Å². The molecule has 0 saturated carbocycles. The van der Waals surface area contributed by atoms with E-state index in [4.69, 9.17) is 9.47 Å². The van der Waals surface area contributed by atoms with Gasteiger partial charge in [0.1, 0.15) is 17.4 Å². The Bertz CT molecular complexity index is 1560. The zero-order chi connectivity index (χ0) is 28.6. The molecule has 41 heavy (non-hydrogen) atoms. The minimum atomic E-state index is -1.46. The van der Waals surface area contributed by atoms with Crippen molar-refractivity contribution in [3.05, 3.63) is 118 Å². The number of fused-ring (bicyclic) bond motifs is 2. The third-order valence-corrected chi connectivity index (χ3v) is 9.01. The fraction of sp³-hybridized carbons (Fsp3) is 0.242. The second-order valence-corrected chi connectivity index (χ2v) is 11.1. The van der Waals surface area contributed by atoms with Gasteiger partial charge in [-0.3, -0.25) is 9.59 Å². The number of amides is 1. The minimum Gasteiger partial charge on any atom is -0.469 e. The van der Waals surface area contributed by atoms with Gasteiger partial charge in [0.2, 0.25) is 5.91 Å². The Morgan fingerprint density at radius 3 is 2.22 bits per heavy atom. The van der Waals surface area contributed by atoms with Gasteiger partial charge in [-0.2, -0.15) is 0 Å². The van der Waals surface area contributed by atoms with Crippen molar-refractivity contribution < 1.29 is 23.9 Å². The molecule has 0 unspecified atom stereocenters. The molecule has 1 fully saturated rings. The number of methoxy groups -OCH3 is 1. The van der Waals surface area contributed by atoms with Crippen LogP contribution in [-0.2, 0) is 35.8 Å². The summed E-state index contributed by atoms with van der Waals surface area (Å²) in [4.78, 5) is 47.6. The summed E-state index contributed by atoms with van der Waals surface area (Å²) in [5.41, 5.74) is 1.62. The lowest BCUT2D eigenvalue weighted by atomic mass is 9.66. The summed E-state index contributed by atoms with van der Waals surface area (Å²) in [6.45, 7) is 2.18. The van der Waals surface area contributed by atoms with Crippen LogP contribution >= 0.6 is 11.3 Å². The summed E-state index contributed by atoms with van der Waals surface area (Å²) in [7, 11) is 1.30. The standard InChI is InChI=1S/C33H30N2O5S/c1-3-40-31(37)28-27(30(36)39-2)33(29(26-19-12-20-41-26)35(28)23-15-8-5-9-16-23)24-17-10-11-18-25(24)34(32(33)38)21-22-13-6-4-7-14-22/h4-20,27-29H,3,21H2,1-2H3/t27-,28-,29+,33-/m0/s1. The summed E-state index contributed by atoms with van der Waals surface area (Å²) >= 11 is 1.49. The Morgan fingerprint density at radius 1 is 0.878 bits per heavy atom. The van der Waals surface area contributed by atoms with E-state index in [-0.39, 0.29) is 12.5 Å².